The molecule has 7 heteroatoms. The smallest absolute Gasteiger partial charge is 0.254 e. The van der Waals surface area contributed by atoms with Gasteiger partial charge in [0.25, 0.3) is 5.91 Å². The molecule has 0 aliphatic carbocycles. The fourth-order valence-corrected chi connectivity index (χ4v) is 3.49. The van der Waals surface area contributed by atoms with Crippen LogP contribution < -0.4 is 9.47 Å². The van der Waals surface area contributed by atoms with Crippen LogP contribution in [0.2, 0.25) is 0 Å². The summed E-state index contributed by atoms with van der Waals surface area (Å²) in [5, 5.41) is 8.38. The minimum Gasteiger partial charge on any atom is -0.487 e. The molecule has 3 aromatic carbocycles. The number of nitrogens with zero attached hydrogens (tertiary/aromatic N) is 4. The minimum atomic E-state index is 0.000242. The number of para-hydroxylation sites is 2. The molecule has 4 aromatic rings. The lowest BCUT2D eigenvalue weighted by molar-refractivity contribution is 0.0498. The van der Waals surface area contributed by atoms with Crippen LogP contribution >= 0.6 is 0 Å². The zero-order valence-corrected chi connectivity index (χ0v) is 17.4. The van der Waals surface area contributed by atoms with E-state index in [2.05, 4.69) is 10.3 Å². The summed E-state index contributed by atoms with van der Waals surface area (Å²) in [4.78, 5) is 14.6. The van der Waals surface area contributed by atoms with Crippen LogP contribution in [-0.4, -0.2) is 38.9 Å². The highest BCUT2D eigenvalue weighted by molar-refractivity contribution is 5.94. The number of amides is 1. The number of hydrogen-bond acceptors (Lipinski definition) is 5. The van der Waals surface area contributed by atoms with Crippen molar-refractivity contribution in [3.05, 3.63) is 102 Å². The Hall–Kier alpha value is -4.13. The van der Waals surface area contributed by atoms with Gasteiger partial charge in [0.1, 0.15) is 29.5 Å². The summed E-state index contributed by atoms with van der Waals surface area (Å²) >= 11 is 0. The summed E-state index contributed by atoms with van der Waals surface area (Å²) < 4.78 is 13.3. The van der Waals surface area contributed by atoms with Crippen molar-refractivity contribution in [2.45, 2.75) is 12.6 Å². The monoisotopic (exact) mass is 426 g/mol. The van der Waals surface area contributed by atoms with Crippen molar-refractivity contribution in [1.82, 2.24) is 19.9 Å². The van der Waals surface area contributed by atoms with E-state index in [9.17, 15) is 4.79 Å². The predicted molar refractivity (Wildman–Crippen MR) is 119 cm³/mol. The lowest BCUT2D eigenvalue weighted by Crippen LogP contribution is -2.50. The molecule has 1 aliphatic rings. The Labute approximate surface area is 185 Å². The molecule has 32 heavy (non-hydrogen) atoms. The number of aromatic nitrogens is 3. The van der Waals surface area contributed by atoms with E-state index in [1.165, 1.54) is 0 Å². The van der Waals surface area contributed by atoms with Gasteiger partial charge in [0.2, 0.25) is 0 Å². The third-order valence-corrected chi connectivity index (χ3v) is 5.29. The highest BCUT2D eigenvalue weighted by Gasteiger charge is 2.33. The summed E-state index contributed by atoms with van der Waals surface area (Å²) in [5.74, 6) is 2.25. The van der Waals surface area contributed by atoms with E-state index >= 15 is 0 Å². The van der Waals surface area contributed by atoms with E-state index in [-0.39, 0.29) is 11.9 Å². The number of rotatable bonds is 7. The van der Waals surface area contributed by atoms with Gasteiger partial charge in [-0.15, -0.1) is 5.10 Å². The predicted octanol–water partition coefficient (Wildman–Crippen LogP) is 4.35. The van der Waals surface area contributed by atoms with Crippen molar-refractivity contribution in [2.24, 2.45) is 0 Å². The third kappa shape index (κ3) is 4.46. The largest absolute Gasteiger partial charge is 0.487 e. The van der Waals surface area contributed by atoms with E-state index in [0.717, 1.165) is 17.2 Å². The lowest BCUT2D eigenvalue weighted by atomic mass is 10.1. The minimum absolute atomic E-state index is 0.000242. The van der Waals surface area contributed by atoms with Gasteiger partial charge in [0, 0.05) is 18.7 Å². The fourth-order valence-electron chi connectivity index (χ4n) is 3.49. The van der Waals surface area contributed by atoms with Crippen molar-refractivity contribution in [3.8, 4) is 17.2 Å². The van der Waals surface area contributed by atoms with Gasteiger partial charge >= 0.3 is 0 Å². The Morgan fingerprint density at radius 3 is 2.16 bits per heavy atom. The Bertz CT molecular complexity index is 1170. The Balaban J connectivity index is 1.13. The second-order valence-electron chi connectivity index (χ2n) is 7.60. The van der Waals surface area contributed by atoms with E-state index < -0.39 is 0 Å². The first kappa shape index (κ1) is 19.8. The molecule has 0 radical (unpaired) electrons. The van der Waals surface area contributed by atoms with Gasteiger partial charge in [-0.3, -0.25) is 4.79 Å². The summed E-state index contributed by atoms with van der Waals surface area (Å²) in [6.07, 6.45) is 1.88. The molecule has 5 rings (SSSR count). The van der Waals surface area contributed by atoms with Crippen LogP contribution in [0.1, 0.15) is 22.1 Å². The van der Waals surface area contributed by atoms with Crippen LogP contribution in [0.3, 0.4) is 0 Å². The topological polar surface area (TPSA) is 69.5 Å². The summed E-state index contributed by atoms with van der Waals surface area (Å²) in [6.45, 7) is 1.56. The molecule has 0 saturated carbocycles. The maximum Gasteiger partial charge on any atom is 0.254 e. The number of carbonyl (C=O) groups excluding carboxylic acids is 1. The molecule has 0 N–H and O–H groups in total. The van der Waals surface area contributed by atoms with Crippen LogP contribution in [0.4, 0.5) is 0 Å². The van der Waals surface area contributed by atoms with Gasteiger partial charge in [-0.1, -0.05) is 41.6 Å². The molecule has 1 aromatic heterocycles. The van der Waals surface area contributed by atoms with Crippen LogP contribution in [-0.2, 0) is 6.61 Å². The molecule has 1 aliphatic heterocycles. The van der Waals surface area contributed by atoms with E-state index in [4.69, 9.17) is 9.47 Å². The highest BCUT2D eigenvalue weighted by Crippen LogP contribution is 2.25. The zero-order chi connectivity index (χ0) is 21.8. The maximum atomic E-state index is 12.8. The van der Waals surface area contributed by atoms with Crippen molar-refractivity contribution >= 4 is 5.91 Å². The molecule has 7 nitrogen and oxygen atoms in total. The van der Waals surface area contributed by atoms with E-state index in [0.29, 0.717) is 31.0 Å². The van der Waals surface area contributed by atoms with Gasteiger partial charge in [0.05, 0.1) is 12.2 Å². The van der Waals surface area contributed by atoms with Gasteiger partial charge < -0.3 is 14.4 Å². The molecule has 0 spiro atoms. The average molecular weight is 426 g/mol. The summed E-state index contributed by atoms with van der Waals surface area (Å²) in [7, 11) is 0. The first-order chi connectivity index (χ1) is 15.7. The Morgan fingerprint density at radius 1 is 0.844 bits per heavy atom. The SMILES string of the molecule is O=C(c1ccc(Oc2ccccc2)cc1)N1CC(n2cc(COc3ccccc3)nn2)C1. The molecule has 1 saturated heterocycles. The van der Waals surface area contributed by atoms with Crippen LogP contribution in [0, 0.1) is 0 Å². The first-order valence-corrected chi connectivity index (χ1v) is 10.5. The normalized spacial score (nSPS) is 13.4. The molecule has 2 heterocycles. The molecular weight excluding hydrogens is 404 g/mol. The molecule has 0 bridgehead atoms. The number of hydrogen-bond donors (Lipinski definition) is 0. The van der Waals surface area contributed by atoms with Crippen LogP contribution in [0.5, 0.6) is 17.2 Å². The molecule has 1 amide bonds. The van der Waals surface area contributed by atoms with Gasteiger partial charge in [-0.2, -0.15) is 0 Å². The van der Waals surface area contributed by atoms with Crippen LogP contribution in [0.15, 0.2) is 91.1 Å². The lowest BCUT2D eigenvalue weighted by Gasteiger charge is -2.38. The summed E-state index contributed by atoms with van der Waals surface area (Å²) in [6, 6.07) is 26.5. The number of carbonyl (C=O) groups is 1. The molecule has 0 unspecified atom stereocenters. The molecule has 0 atom stereocenters. The molecule has 1 fully saturated rings. The highest BCUT2D eigenvalue weighted by atomic mass is 16.5. The quantitative estimate of drug-likeness (QED) is 0.440. The van der Waals surface area contributed by atoms with Crippen molar-refractivity contribution in [2.75, 3.05) is 13.1 Å². The Morgan fingerprint density at radius 2 is 1.47 bits per heavy atom. The first-order valence-electron chi connectivity index (χ1n) is 10.5. The standard InChI is InChI=1S/C25H22N4O3/c30-25(19-11-13-24(14-12-19)32-23-9-5-2-6-10-23)28-16-21(17-28)29-15-20(26-27-29)18-31-22-7-3-1-4-8-22/h1-15,21H,16-18H2. The molecule has 160 valence electrons. The number of likely N-dealkylation sites (tertiary alicyclic amines) is 1. The maximum absolute atomic E-state index is 12.8. The van der Waals surface area contributed by atoms with Crippen molar-refractivity contribution in [3.63, 3.8) is 0 Å². The van der Waals surface area contributed by atoms with Crippen LogP contribution in [0.25, 0.3) is 0 Å². The van der Waals surface area contributed by atoms with Gasteiger partial charge in [0.15, 0.2) is 0 Å². The Kier molecular flexibility index (Phi) is 5.53. The van der Waals surface area contributed by atoms with Gasteiger partial charge in [-0.05, 0) is 48.5 Å². The van der Waals surface area contributed by atoms with Crippen molar-refractivity contribution in [1.29, 1.82) is 0 Å². The van der Waals surface area contributed by atoms with Gasteiger partial charge in [-0.25, -0.2) is 4.68 Å². The molecular formula is C25H22N4O3. The third-order valence-electron chi connectivity index (χ3n) is 5.29. The van der Waals surface area contributed by atoms with E-state index in [1.807, 2.05) is 83.7 Å². The second kappa shape index (κ2) is 8.93. The number of benzene rings is 3. The fraction of sp³-hybridized carbons (Fsp3) is 0.160. The second-order valence-corrected chi connectivity index (χ2v) is 7.60. The number of ether oxygens (including phenoxy) is 2. The van der Waals surface area contributed by atoms with E-state index in [1.54, 1.807) is 17.0 Å². The van der Waals surface area contributed by atoms with Crippen molar-refractivity contribution < 1.29 is 14.3 Å². The zero-order valence-electron chi connectivity index (χ0n) is 17.4. The average Bonchev–Trinajstić information content (AvgIpc) is 3.27. The summed E-state index contributed by atoms with van der Waals surface area (Å²) in [5.41, 5.74) is 1.40.